The van der Waals surface area contributed by atoms with Crippen LogP contribution in [0.25, 0.3) is 0 Å². The molecule has 1 fully saturated rings. The summed E-state index contributed by atoms with van der Waals surface area (Å²) in [4.78, 5) is 17.2. The van der Waals surface area contributed by atoms with Gasteiger partial charge in [-0.1, -0.05) is 6.92 Å². The van der Waals surface area contributed by atoms with Gasteiger partial charge < -0.3 is 10.0 Å². The van der Waals surface area contributed by atoms with E-state index in [9.17, 15) is 4.79 Å². The third-order valence-electron chi connectivity index (χ3n) is 3.35. The summed E-state index contributed by atoms with van der Waals surface area (Å²) < 4.78 is 0. The lowest BCUT2D eigenvalue weighted by molar-refractivity contribution is 0.0691. The summed E-state index contributed by atoms with van der Waals surface area (Å²) in [6.07, 6.45) is 5.00. The Kier molecular flexibility index (Phi) is 3.61. The van der Waals surface area contributed by atoms with Crippen molar-refractivity contribution in [2.75, 3.05) is 18.0 Å². The molecule has 1 aromatic heterocycles. The Bertz CT molecular complexity index is 406. The van der Waals surface area contributed by atoms with Crippen LogP contribution in [0.5, 0.6) is 0 Å². The number of carbonyl (C=O) groups is 1. The number of carboxylic acids is 1. The molecule has 0 spiro atoms. The number of carboxylic acid groups (broad SMARTS) is 1. The average Bonchev–Trinajstić information content (AvgIpc) is 2.54. The number of aromatic carboxylic acids is 1. The van der Waals surface area contributed by atoms with Crippen LogP contribution in [0, 0.1) is 5.92 Å². The lowest BCUT2D eigenvalue weighted by Crippen LogP contribution is -2.26. The van der Waals surface area contributed by atoms with E-state index >= 15 is 0 Å². The quantitative estimate of drug-likeness (QED) is 0.853. The second kappa shape index (κ2) is 5.17. The standard InChI is InChI=1S/C13H18N2O2/c1-10-4-3-8-15(9-6-10)11-5-2-7-14-12(11)13(16)17/h2,5,7,10H,3-4,6,8-9H2,1H3,(H,16,17). The Morgan fingerprint density at radius 2 is 2.29 bits per heavy atom. The molecule has 1 aliphatic rings. The van der Waals surface area contributed by atoms with Gasteiger partial charge in [0.25, 0.3) is 0 Å². The van der Waals surface area contributed by atoms with Crippen molar-refractivity contribution in [2.45, 2.75) is 26.2 Å². The van der Waals surface area contributed by atoms with Crippen LogP contribution in [0.4, 0.5) is 5.69 Å². The van der Waals surface area contributed by atoms with Crippen molar-refractivity contribution >= 4 is 11.7 Å². The largest absolute Gasteiger partial charge is 0.476 e. The Morgan fingerprint density at radius 3 is 3.06 bits per heavy atom. The highest BCUT2D eigenvalue weighted by Gasteiger charge is 2.19. The second-order valence-electron chi connectivity index (χ2n) is 4.70. The van der Waals surface area contributed by atoms with E-state index in [0.717, 1.165) is 37.5 Å². The number of hydrogen-bond donors (Lipinski definition) is 1. The van der Waals surface area contributed by atoms with Crippen LogP contribution in [0.2, 0.25) is 0 Å². The molecule has 0 bridgehead atoms. The molecule has 2 heterocycles. The van der Waals surface area contributed by atoms with Gasteiger partial charge in [0.1, 0.15) is 0 Å². The van der Waals surface area contributed by atoms with Gasteiger partial charge in [0.2, 0.25) is 0 Å². The maximum Gasteiger partial charge on any atom is 0.356 e. The maximum absolute atomic E-state index is 11.1. The van der Waals surface area contributed by atoms with Crippen molar-refractivity contribution in [3.63, 3.8) is 0 Å². The smallest absolute Gasteiger partial charge is 0.356 e. The number of hydrogen-bond acceptors (Lipinski definition) is 3. The average molecular weight is 234 g/mol. The van der Waals surface area contributed by atoms with Crippen LogP contribution in [-0.2, 0) is 0 Å². The molecule has 1 aromatic rings. The molecule has 0 saturated carbocycles. The molecule has 0 radical (unpaired) electrons. The minimum absolute atomic E-state index is 0.169. The fourth-order valence-corrected chi connectivity index (χ4v) is 2.32. The van der Waals surface area contributed by atoms with Crippen LogP contribution in [-0.4, -0.2) is 29.1 Å². The van der Waals surface area contributed by atoms with E-state index in [4.69, 9.17) is 5.11 Å². The molecule has 1 saturated heterocycles. The predicted molar refractivity (Wildman–Crippen MR) is 66.4 cm³/mol. The molecule has 17 heavy (non-hydrogen) atoms. The lowest BCUT2D eigenvalue weighted by Gasteiger charge is -2.23. The molecule has 0 aromatic carbocycles. The first-order valence-electron chi connectivity index (χ1n) is 6.11. The third-order valence-corrected chi connectivity index (χ3v) is 3.35. The summed E-state index contributed by atoms with van der Waals surface area (Å²) in [5, 5.41) is 9.13. The van der Waals surface area contributed by atoms with Gasteiger partial charge in [0, 0.05) is 19.3 Å². The number of nitrogens with zero attached hydrogens (tertiary/aromatic N) is 2. The predicted octanol–water partition coefficient (Wildman–Crippen LogP) is 2.41. The summed E-state index contributed by atoms with van der Waals surface area (Å²) in [6, 6.07) is 3.66. The van der Waals surface area contributed by atoms with Gasteiger partial charge in [-0.3, -0.25) is 0 Å². The van der Waals surface area contributed by atoms with E-state index in [-0.39, 0.29) is 5.69 Å². The van der Waals surface area contributed by atoms with Gasteiger partial charge in [-0.15, -0.1) is 0 Å². The molecule has 2 rings (SSSR count). The SMILES string of the molecule is CC1CCCN(c2cccnc2C(=O)O)CC1. The molecule has 4 nitrogen and oxygen atoms in total. The number of pyridine rings is 1. The second-order valence-corrected chi connectivity index (χ2v) is 4.70. The van der Waals surface area contributed by atoms with E-state index in [2.05, 4.69) is 16.8 Å². The Balaban J connectivity index is 2.24. The number of aromatic nitrogens is 1. The summed E-state index contributed by atoms with van der Waals surface area (Å²) in [6.45, 7) is 4.11. The third kappa shape index (κ3) is 2.75. The van der Waals surface area contributed by atoms with Gasteiger partial charge in [-0.05, 0) is 37.3 Å². The molecule has 1 unspecified atom stereocenters. The topological polar surface area (TPSA) is 53.4 Å². The molecule has 92 valence electrons. The zero-order chi connectivity index (χ0) is 12.3. The van der Waals surface area contributed by atoms with E-state index in [1.54, 1.807) is 6.07 Å². The fraction of sp³-hybridized carbons (Fsp3) is 0.538. The van der Waals surface area contributed by atoms with E-state index in [1.807, 2.05) is 6.07 Å². The Hall–Kier alpha value is -1.58. The van der Waals surface area contributed by atoms with Gasteiger partial charge in [-0.2, -0.15) is 0 Å². The highest BCUT2D eigenvalue weighted by molar-refractivity contribution is 5.92. The number of rotatable bonds is 2. The van der Waals surface area contributed by atoms with Crippen molar-refractivity contribution in [1.29, 1.82) is 0 Å². The van der Waals surface area contributed by atoms with Crippen LogP contribution < -0.4 is 4.90 Å². The molecule has 0 amide bonds. The zero-order valence-electron chi connectivity index (χ0n) is 10.1. The first-order chi connectivity index (χ1) is 8.18. The van der Waals surface area contributed by atoms with Crippen molar-refractivity contribution in [3.8, 4) is 0 Å². The summed E-state index contributed by atoms with van der Waals surface area (Å²) in [5.74, 6) is -0.220. The highest BCUT2D eigenvalue weighted by Crippen LogP contribution is 2.24. The molecule has 1 aliphatic heterocycles. The maximum atomic E-state index is 11.1. The van der Waals surface area contributed by atoms with Gasteiger partial charge in [-0.25, -0.2) is 9.78 Å². The van der Waals surface area contributed by atoms with E-state index < -0.39 is 5.97 Å². The first kappa shape index (κ1) is 11.9. The summed E-state index contributed by atoms with van der Waals surface area (Å²) in [5.41, 5.74) is 0.927. The van der Waals surface area contributed by atoms with Crippen molar-refractivity contribution < 1.29 is 9.90 Å². The van der Waals surface area contributed by atoms with Gasteiger partial charge in [0.05, 0.1) is 5.69 Å². The molecular formula is C13H18N2O2. The van der Waals surface area contributed by atoms with Crippen LogP contribution in [0.3, 0.4) is 0 Å². The normalized spacial score (nSPS) is 21.0. The Labute approximate surface area is 101 Å². The van der Waals surface area contributed by atoms with Gasteiger partial charge in [0.15, 0.2) is 5.69 Å². The summed E-state index contributed by atoms with van der Waals surface area (Å²) >= 11 is 0. The molecular weight excluding hydrogens is 216 g/mol. The van der Waals surface area contributed by atoms with Crippen molar-refractivity contribution in [2.24, 2.45) is 5.92 Å². The van der Waals surface area contributed by atoms with Crippen molar-refractivity contribution in [1.82, 2.24) is 4.98 Å². The minimum atomic E-state index is -0.946. The minimum Gasteiger partial charge on any atom is -0.476 e. The molecule has 1 atom stereocenters. The van der Waals surface area contributed by atoms with Gasteiger partial charge >= 0.3 is 5.97 Å². The van der Waals surface area contributed by atoms with E-state index in [0.29, 0.717) is 0 Å². The molecule has 1 N–H and O–H groups in total. The number of anilines is 1. The summed E-state index contributed by atoms with van der Waals surface area (Å²) in [7, 11) is 0. The fourth-order valence-electron chi connectivity index (χ4n) is 2.32. The monoisotopic (exact) mass is 234 g/mol. The molecule has 4 heteroatoms. The first-order valence-corrected chi connectivity index (χ1v) is 6.11. The zero-order valence-corrected chi connectivity index (χ0v) is 10.1. The Morgan fingerprint density at radius 1 is 1.47 bits per heavy atom. The lowest BCUT2D eigenvalue weighted by atomic mass is 10.0. The van der Waals surface area contributed by atoms with Crippen LogP contribution in [0.15, 0.2) is 18.3 Å². The van der Waals surface area contributed by atoms with Crippen molar-refractivity contribution in [3.05, 3.63) is 24.0 Å². The van der Waals surface area contributed by atoms with Crippen LogP contribution in [0.1, 0.15) is 36.7 Å². The highest BCUT2D eigenvalue weighted by atomic mass is 16.4. The van der Waals surface area contributed by atoms with E-state index in [1.165, 1.54) is 12.6 Å². The van der Waals surface area contributed by atoms with Crippen LogP contribution >= 0.6 is 0 Å². The molecule has 0 aliphatic carbocycles.